The largest absolute Gasteiger partial charge is 0.383 e. The molecule has 152 valence electrons. The van der Waals surface area contributed by atoms with Gasteiger partial charge in [0.2, 0.25) is 0 Å². The Morgan fingerprint density at radius 3 is 2.93 bits per heavy atom. The van der Waals surface area contributed by atoms with Gasteiger partial charge in [-0.2, -0.15) is 0 Å². The molecular weight excluding hydrogens is 368 g/mol. The summed E-state index contributed by atoms with van der Waals surface area (Å²) in [5, 5.41) is 11.7. The highest BCUT2D eigenvalue weighted by molar-refractivity contribution is 5.94. The topological polar surface area (TPSA) is 84.6 Å². The van der Waals surface area contributed by atoms with Crippen LogP contribution in [0.1, 0.15) is 34.1 Å². The van der Waals surface area contributed by atoms with E-state index < -0.39 is 0 Å². The van der Waals surface area contributed by atoms with Crippen LogP contribution in [-0.2, 0) is 11.2 Å². The van der Waals surface area contributed by atoms with Crippen molar-refractivity contribution in [2.45, 2.75) is 18.8 Å². The smallest absolute Gasteiger partial charge is 0.252 e. The number of aromatic nitrogens is 4. The molecule has 29 heavy (non-hydrogen) atoms. The highest BCUT2D eigenvalue weighted by Gasteiger charge is 2.27. The summed E-state index contributed by atoms with van der Waals surface area (Å²) in [5.74, 6) is 1.15. The summed E-state index contributed by atoms with van der Waals surface area (Å²) in [4.78, 5) is 19.0. The van der Waals surface area contributed by atoms with Crippen LogP contribution in [0.3, 0.4) is 0 Å². The molecule has 3 aromatic heterocycles. The molecule has 1 unspecified atom stereocenters. The first-order valence-corrected chi connectivity index (χ1v) is 9.97. The van der Waals surface area contributed by atoms with E-state index in [1.165, 1.54) is 0 Å². The third kappa shape index (κ3) is 4.60. The molecule has 0 bridgehead atoms. The number of hydrogen-bond acceptors (Lipinski definition) is 6. The standard InChI is InChI=1S/C21H26N6O2/c1-29-13-12-26-11-7-17(14-26)20-25-24-19-3-2-18(15-27(19)20)21(28)23-10-6-16-4-8-22-9-5-16/h2-5,8-9,15,17H,6-7,10-14H2,1H3,(H,23,28). The van der Waals surface area contributed by atoms with Crippen LogP contribution in [0.25, 0.3) is 5.65 Å². The molecule has 0 aliphatic carbocycles. The van der Waals surface area contributed by atoms with Crippen LogP contribution in [0.4, 0.5) is 0 Å². The first kappa shape index (κ1) is 19.5. The highest BCUT2D eigenvalue weighted by atomic mass is 16.5. The van der Waals surface area contributed by atoms with Crippen molar-refractivity contribution in [1.29, 1.82) is 0 Å². The number of pyridine rings is 2. The summed E-state index contributed by atoms with van der Waals surface area (Å²) in [6, 6.07) is 7.57. The lowest BCUT2D eigenvalue weighted by Crippen LogP contribution is -2.26. The van der Waals surface area contributed by atoms with E-state index in [1.54, 1.807) is 25.6 Å². The quantitative estimate of drug-likeness (QED) is 0.624. The van der Waals surface area contributed by atoms with E-state index in [2.05, 4.69) is 25.4 Å². The number of nitrogens with one attached hydrogen (secondary N) is 1. The minimum Gasteiger partial charge on any atom is -0.383 e. The lowest BCUT2D eigenvalue weighted by molar-refractivity contribution is 0.0953. The Bertz CT molecular complexity index is 958. The van der Waals surface area contributed by atoms with Gasteiger partial charge in [-0.15, -0.1) is 10.2 Å². The van der Waals surface area contributed by atoms with Gasteiger partial charge in [-0.1, -0.05) is 0 Å². The summed E-state index contributed by atoms with van der Waals surface area (Å²) in [6.45, 7) is 4.20. The number of carbonyl (C=O) groups excluding carboxylic acids is 1. The van der Waals surface area contributed by atoms with Gasteiger partial charge < -0.3 is 15.0 Å². The Morgan fingerprint density at radius 1 is 1.24 bits per heavy atom. The second kappa shape index (κ2) is 9.11. The van der Waals surface area contributed by atoms with Crippen molar-refractivity contribution in [1.82, 2.24) is 29.8 Å². The molecule has 1 N–H and O–H groups in total. The van der Waals surface area contributed by atoms with E-state index in [4.69, 9.17) is 4.74 Å². The fourth-order valence-corrected chi connectivity index (χ4v) is 3.76. The maximum absolute atomic E-state index is 12.6. The minimum atomic E-state index is -0.0891. The molecule has 8 nitrogen and oxygen atoms in total. The van der Waals surface area contributed by atoms with Crippen molar-refractivity contribution in [3.05, 3.63) is 59.8 Å². The van der Waals surface area contributed by atoms with Gasteiger partial charge in [-0.25, -0.2) is 0 Å². The van der Waals surface area contributed by atoms with Gasteiger partial charge in [0.05, 0.1) is 12.2 Å². The number of ether oxygens (including phenoxy) is 1. The second-order valence-corrected chi connectivity index (χ2v) is 7.34. The number of amides is 1. The van der Waals surface area contributed by atoms with Crippen molar-refractivity contribution in [3.63, 3.8) is 0 Å². The third-order valence-corrected chi connectivity index (χ3v) is 5.39. The van der Waals surface area contributed by atoms with E-state index in [0.717, 1.165) is 56.1 Å². The molecule has 1 amide bonds. The van der Waals surface area contributed by atoms with Crippen LogP contribution in [0.5, 0.6) is 0 Å². The first-order chi connectivity index (χ1) is 14.2. The molecule has 1 fully saturated rings. The van der Waals surface area contributed by atoms with Crippen LogP contribution in [0.15, 0.2) is 42.9 Å². The van der Waals surface area contributed by atoms with Gasteiger partial charge in [-0.05, 0) is 49.2 Å². The molecule has 0 aromatic carbocycles. The van der Waals surface area contributed by atoms with Crippen LogP contribution >= 0.6 is 0 Å². The van der Waals surface area contributed by atoms with Crippen molar-refractivity contribution >= 4 is 11.6 Å². The number of likely N-dealkylation sites (tertiary alicyclic amines) is 1. The third-order valence-electron chi connectivity index (χ3n) is 5.39. The molecule has 4 rings (SSSR count). The van der Waals surface area contributed by atoms with Gasteiger partial charge in [0.1, 0.15) is 5.82 Å². The number of methoxy groups -OCH3 is 1. The van der Waals surface area contributed by atoms with Crippen LogP contribution in [0.2, 0.25) is 0 Å². The first-order valence-electron chi connectivity index (χ1n) is 9.97. The second-order valence-electron chi connectivity index (χ2n) is 7.34. The number of fused-ring (bicyclic) bond motifs is 1. The SMILES string of the molecule is COCCN1CCC(c2nnc3ccc(C(=O)NCCc4ccncc4)cn23)C1. The average molecular weight is 394 g/mol. The predicted octanol–water partition coefficient (Wildman–Crippen LogP) is 1.53. The van der Waals surface area contributed by atoms with Crippen molar-refractivity contribution in [2.75, 3.05) is 39.9 Å². The van der Waals surface area contributed by atoms with Gasteiger partial charge >= 0.3 is 0 Å². The van der Waals surface area contributed by atoms with Gasteiger partial charge in [0, 0.05) is 51.3 Å². The molecule has 1 saturated heterocycles. The number of hydrogen-bond donors (Lipinski definition) is 1. The molecule has 1 aliphatic heterocycles. The fraction of sp³-hybridized carbons (Fsp3) is 0.429. The molecule has 0 spiro atoms. The lowest BCUT2D eigenvalue weighted by atomic mass is 10.1. The van der Waals surface area contributed by atoms with Crippen molar-refractivity contribution < 1.29 is 9.53 Å². The molecule has 0 saturated carbocycles. The van der Waals surface area contributed by atoms with E-state index in [1.807, 2.05) is 28.8 Å². The zero-order chi connectivity index (χ0) is 20.1. The molecular formula is C21H26N6O2. The molecule has 8 heteroatoms. The highest BCUT2D eigenvalue weighted by Crippen LogP contribution is 2.26. The zero-order valence-corrected chi connectivity index (χ0v) is 16.6. The fourth-order valence-electron chi connectivity index (χ4n) is 3.76. The Kier molecular flexibility index (Phi) is 6.12. The molecule has 4 heterocycles. The number of rotatable bonds is 8. The zero-order valence-electron chi connectivity index (χ0n) is 16.6. The Hall–Kier alpha value is -2.84. The normalized spacial score (nSPS) is 17.1. The Morgan fingerprint density at radius 2 is 2.10 bits per heavy atom. The predicted molar refractivity (Wildman–Crippen MR) is 109 cm³/mol. The molecule has 3 aromatic rings. The van der Waals surface area contributed by atoms with Crippen LogP contribution in [-0.4, -0.2) is 70.3 Å². The summed E-state index contributed by atoms with van der Waals surface area (Å²) < 4.78 is 7.14. The van der Waals surface area contributed by atoms with Gasteiger partial charge in [-0.3, -0.25) is 14.2 Å². The van der Waals surface area contributed by atoms with Crippen LogP contribution in [0, 0.1) is 0 Å². The number of carbonyl (C=O) groups is 1. The summed E-state index contributed by atoms with van der Waals surface area (Å²) in [7, 11) is 1.73. The molecule has 1 aliphatic rings. The van der Waals surface area contributed by atoms with Crippen molar-refractivity contribution in [2.24, 2.45) is 0 Å². The Balaban J connectivity index is 1.42. The van der Waals surface area contributed by atoms with Crippen LogP contribution < -0.4 is 5.32 Å². The Labute approximate surface area is 169 Å². The maximum Gasteiger partial charge on any atom is 0.252 e. The van der Waals surface area contributed by atoms with E-state index >= 15 is 0 Å². The van der Waals surface area contributed by atoms with E-state index in [-0.39, 0.29) is 5.91 Å². The summed E-state index contributed by atoms with van der Waals surface area (Å²) in [5.41, 5.74) is 2.53. The van der Waals surface area contributed by atoms with Gasteiger partial charge in [0.15, 0.2) is 5.65 Å². The van der Waals surface area contributed by atoms with Gasteiger partial charge in [0.25, 0.3) is 5.91 Å². The molecule has 0 radical (unpaired) electrons. The minimum absolute atomic E-state index is 0.0891. The van der Waals surface area contributed by atoms with E-state index in [9.17, 15) is 4.79 Å². The molecule has 1 atom stereocenters. The average Bonchev–Trinajstić information content (AvgIpc) is 3.39. The van der Waals surface area contributed by atoms with E-state index in [0.29, 0.717) is 18.0 Å². The summed E-state index contributed by atoms with van der Waals surface area (Å²) in [6.07, 6.45) is 7.18. The number of nitrogens with zero attached hydrogens (tertiary/aromatic N) is 5. The maximum atomic E-state index is 12.6. The van der Waals surface area contributed by atoms with Crippen molar-refractivity contribution in [3.8, 4) is 0 Å². The lowest BCUT2D eigenvalue weighted by Gasteiger charge is -2.14. The monoisotopic (exact) mass is 394 g/mol. The summed E-state index contributed by atoms with van der Waals surface area (Å²) >= 11 is 0.